The summed E-state index contributed by atoms with van der Waals surface area (Å²) < 4.78 is 52.7. The van der Waals surface area contributed by atoms with E-state index in [1.165, 1.54) is 34.7 Å². The molecule has 0 aromatic carbocycles. The highest BCUT2D eigenvalue weighted by molar-refractivity contribution is 6.57. The van der Waals surface area contributed by atoms with Crippen LogP contribution in [0.25, 0.3) is 22.5 Å². The fraction of sp³-hybridized carbons (Fsp3) is 0.588. The molecule has 0 aliphatic carbocycles. The maximum Gasteiger partial charge on any atom is 0.451 e. The monoisotopic (exact) mass is 866 g/mol. The Morgan fingerprint density at radius 3 is 2.00 bits per heavy atom. The molecule has 0 spiro atoms. The summed E-state index contributed by atoms with van der Waals surface area (Å²) in [6.45, 7) is -0.789. The third-order valence-corrected chi connectivity index (χ3v) is 11.3. The van der Waals surface area contributed by atoms with Gasteiger partial charge in [-0.25, -0.2) is 32.3 Å². The Labute approximate surface area is 351 Å². The smallest absolute Gasteiger partial charge is 0.451 e. The minimum absolute atomic E-state index is 0. The second-order valence-electron chi connectivity index (χ2n) is 15.1. The van der Waals surface area contributed by atoms with Gasteiger partial charge in [0.2, 0.25) is 21.6 Å². The number of aliphatic hydroxyl groups excluding tert-OH is 2. The zero-order chi connectivity index (χ0) is 44.1. The molecule has 6 unspecified atom stereocenters. The van der Waals surface area contributed by atoms with Crippen LogP contribution in [0.2, 0.25) is 6.82 Å². The number of fused-ring (bicyclic) bond motifs is 4. The summed E-state index contributed by atoms with van der Waals surface area (Å²) in [5.41, 5.74) is -8.38. The van der Waals surface area contributed by atoms with E-state index in [2.05, 4.69) is 25.6 Å². The van der Waals surface area contributed by atoms with Crippen LogP contribution in [0.4, 0.5) is 18.4 Å². The van der Waals surface area contributed by atoms with Gasteiger partial charge >= 0.3 is 18.5 Å². The molecule has 6 atom stereocenters. The van der Waals surface area contributed by atoms with Gasteiger partial charge in [-0.1, -0.05) is 17.9 Å². The van der Waals surface area contributed by atoms with Gasteiger partial charge in [0.15, 0.2) is 17.3 Å². The van der Waals surface area contributed by atoms with Crippen LogP contribution in [0.1, 0.15) is 46.0 Å². The lowest BCUT2D eigenvalue weighted by Gasteiger charge is -2.33. The van der Waals surface area contributed by atoms with E-state index in [1.807, 2.05) is 0 Å². The number of nitrogens with one attached hydrogen (secondary N) is 1. The van der Waals surface area contributed by atoms with Crippen LogP contribution in [0.3, 0.4) is 0 Å². The van der Waals surface area contributed by atoms with Crippen LogP contribution < -0.4 is 22.5 Å². The number of hydrogen-bond acceptors (Lipinski definition) is 17. The van der Waals surface area contributed by atoms with Crippen molar-refractivity contribution in [3.63, 3.8) is 0 Å². The number of aliphatic hydroxyl groups is 2. The second kappa shape index (κ2) is 17.4. The SMILES string of the molecule is C.O=c1[nH]c(=O)n(C23CCC(CO)(O2)C(O)C3)cc1-c1cn(CC[18F])nn1.[B]C(=O)OCC12CCC(n3cc(-c4cn(CC[18F])nn4)c(=O)n(C([B])=O)c3=O)(CC1OB(C)O)O2. The summed E-state index contributed by atoms with van der Waals surface area (Å²) in [7, 11) is 9.21. The highest BCUT2D eigenvalue weighted by Crippen LogP contribution is 2.55. The fourth-order valence-corrected chi connectivity index (χ4v) is 8.45. The van der Waals surface area contributed by atoms with Gasteiger partial charge in [0.1, 0.15) is 42.5 Å². The third kappa shape index (κ3) is 8.05. The quantitative estimate of drug-likeness (QED) is 0.107. The van der Waals surface area contributed by atoms with Crippen molar-refractivity contribution < 1.29 is 52.5 Å². The lowest BCUT2D eigenvalue weighted by molar-refractivity contribution is -0.129. The normalized spacial score (nSPS) is 26.8. The molecule has 4 N–H and O–H groups in total. The largest absolute Gasteiger partial charge is 0.471 e. The first-order chi connectivity index (χ1) is 28.9. The van der Waals surface area contributed by atoms with Crippen LogP contribution >= 0.6 is 0 Å². The van der Waals surface area contributed by atoms with E-state index in [9.17, 15) is 52.8 Å². The number of aryl methyl sites for hydroxylation is 2. The van der Waals surface area contributed by atoms with Crippen LogP contribution in [-0.4, -0.2) is 148 Å². The van der Waals surface area contributed by atoms with E-state index >= 15 is 0 Å². The number of H-pyrrole nitrogens is 1. The zero-order valence-corrected chi connectivity index (χ0v) is 32.4. The molecule has 8 rings (SSSR count). The lowest BCUT2D eigenvalue weighted by Crippen LogP contribution is -2.50. The van der Waals surface area contributed by atoms with Crippen molar-refractivity contribution in [1.82, 2.24) is 48.7 Å². The molecule has 4 aromatic heterocycles. The summed E-state index contributed by atoms with van der Waals surface area (Å²) in [4.78, 5) is 76.3. The van der Waals surface area contributed by atoms with Crippen molar-refractivity contribution >= 4 is 34.5 Å². The summed E-state index contributed by atoms with van der Waals surface area (Å²) in [6, 6.07) is 0. The average molecular weight is 866 g/mol. The van der Waals surface area contributed by atoms with Crippen molar-refractivity contribution in [1.29, 1.82) is 0 Å². The van der Waals surface area contributed by atoms with E-state index in [4.69, 9.17) is 34.6 Å². The van der Waals surface area contributed by atoms with Gasteiger partial charge in [-0.3, -0.25) is 33.3 Å². The molecule has 328 valence electrons. The summed E-state index contributed by atoms with van der Waals surface area (Å²) in [5.74, 6) is -2.39. The van der Waals surface area contributed by atoms with Gasteiger partial charge in [0.05, 0.1) is 55.4 Å². The minimum Gasteiger partial charge on any atom is -0.471 e. The Kier molecular flexibility index (Phi) is 12.9. The van der Waals surface area contributed by atoms with E-state index < -0.39 is 89.5 Å². The molecule has 4 fully saturated rings. The van der Waals surface area contributed by atoms with Crippen molar-refractivity contribution in [2.45, 2.75) is 101 Å². The van der Waals surface area contributed by atoms with Crippen molar-refractivity contribution in [2.24, 2.45) is 0 Å². The first kappa shape index (κ1) is 46.1. The van der Waals surface area contributed by atoms with Crippen LogP contribution in [0, 0.1) is 0 Å². The highest BCUT2D eigenvalue weighted by atomic mass is 18.2. The number of rotatable bonds is 13. The zero-order valence-electron chi connectivity index (χ0n) is 32.4. The molecule has 28 heteroatoms. The molecule has 4 aliphatic heterocycles. The maximum absolute atomic E-state index is 13.3. The van der Waals surface area contributed by atoms with Gasteiger partial charge < -0.3 is 34.1 Å². The van der Waals surface area contributed by atoms with Gasteiger partial charge in [0, 0.05) is 25.2 Å². The number of ether oxygens (including phenoxy) is 3. The molecule has 0 amide bonds. The van der Waals surface area contributed by atoms with Gasteiger partial charge in [-0.15, -0.1) is 10.2 Å². The van der Waals surface area contributed by atoms with Gasteiger partial charge in [-0.05, 0) is 32.5 Å². The van der Waals surface area contributed by atoms with Crippen molar-refractivity contribution in [3.05, 3.63) is 66.5 Å². The molecular weight excluding hydrogens is 825 g/mol. The van der Waals surface area contributed by atoms with Crippen molar-refractivity contribution in [2.75, 3.05) is 26.6 Å². The number of hydrogen-bond donors (Lipinski definition) is 4. The molecule has 23 nitrogen and oxygen atoms in total. The first-order valence-corrected chi connectivity index (χ1v) is 18.9. The van der Waals surface area contributed by atoms with Crippen LogP contribution in [-0.2, 0) is 43.4 Å². The highest BCUT2D eigenvalue weighted by Gasteiger charge is 2.65. The van der Waals surface area contributed by atoms with E-state index in [1.54, 1.807) is 0 Å². The Balaban J connectivity index is 0.000000212. The molecule has 4 aromatic rings. The lowest BCUT2D eigenvalue weighted by atomic mass is 9.81. The Morgan fingerprint density at radius 1 is 0.903 bits per heavy atom. The number of aromatic amines is 1. The topological polar surface area (TPSA) is 292 Å². The van der Waals surface area contributed by atoms with Crippen LogP contribution in [0.15, 0.2) is 44.0 Å². The summed E-state index contributed by atoms with van der Waals surface area (Å²) in [5, 5.41) is 44.8. The molecule has 8 heterocycles. The molecule has 62 heavy (non-hydrogen) atoms. The van der Waals surface area contributed by atoms with Crippen molar-refractivity contribution in [3.8, 4) is 22.5 Å². The fourth-order valence-electron chi connectivity index (χ4n) is 8.45. The number of alkyl halides is 2. The summed E-state index contributed by atoms with van der Waals surface area (Å²) >= 11 is 0. The summed E-state index contributed by atoms with van der Waals surface area (Å²) in [6.07, 6.45) is 4.72. The standard InChI is InChI=1S/C18H19B3FN5O8.C15H18FN5O5.CH4/c1-21(32)34-12-6-18(3-2-17(12,35-18)9-33-15(20)30)26-7-10(11-8-25(5-4-22)24-23-11)13(28)27(14(19)29)16(26)31;16-3-4-20-7-10(18-19-20)9-6-21(13(25)17-12(9)24)15-2-1-14(8-22,26-15)11(23)5-15;/h7-8,12,32H,2-6,9H2,1H3;6-7,11,22-23H,1-5,8H2,(H,17,24,25);1H4/i22-1;16-1;. The van der Waals surface area contributed by atoms with E-state index in [0.717, 1.165) is 15.4 Å². The predicted molar refractivity (Wildman–Crippen MR) is 210 cm³/mol. The van der Waals surface area contributed by atoms with E-state index in [-0.39, 0.29) is 86.5 Å². The molecule has 0 saturated carbocycles. The van der Waals surface area contributed by atoms with Crippen LogP contribution in [0.5, 0.6) is 0 Å². The van der Waals surface area contributed by atoms with Gasteiger partial charge in [0.25, 0.3) is 11.1 Å². The number of carbonyl (C=O) groups is 2. The predicted octanol–water partition coefficient (Wildman–Crippen LogP) is -1.86. The molecule has 4 aliphatic rings. The average Bonchev–Trinajstić information content (AvgIpc) is 4.06. The molecule has 4 bridgehead atoms. The Hall–Kier alpha value is -5.41. The minimum atomic E-state index is -1.45. The number of carbonyl (C=O) groups excluding carboxylic acids is 2. The molecular formula is C34H41B3F2N10O13. The maximum atomic E-state index is 13.3. The number of nitrogens with zero attached hydrogens (tertiary/aromatic N) is 9. The molecule has 4 radical (unpaired) electrons. The third-order valence-electron chi connectivity index (χ3n) is 11.3. The van der Waals surface area contributed by atoms with E-state index in [0.29, 0.717) is 12.8 Å². The Bertz CT molecular complexity index is 2580. The first-order valence-electron chi connectivity index (χ1n) is 18.9. The number of halogens is 2. The Morgan fingerprint density at radius 2 is 1.47 bits per heavy atom. The number of aromatic nitrogens is 10. The molecule has 4 saturated heterocycles. The van der Waals surface area contributed by atoms with Gasteiger partial charge in [-0.2, -0.15) is 0 Å². The second-order valence-corrected chi connectivity index (χ2v) is 15.1.